The number of hydrogen-bond acceptors (Lipinski definition) is 8. The normalized spacial score (nSPS) is 19.7. The number of nitrogens with one attached hydrogen (secondary N) is 1. The summed E-state index contributed by atoms with van der Waals surface area (Å²) < 4.78 is 120. The van der Waals surface area contributed by atoms with Crippen molar-refractivity contribution in [3.63, 3.8) is 0 Å². The fourth-order valence-electron chi connectivity index (χ4n) is 2.41. The highest BCUT2D eigenvalue weighted by atomic mass is 16.5. The van der Waals surface area contributed by atoms with Gasteiger partial charge in [0.25, 0.3) is 0 Å². The number of anilines is 2. The van der Waals surface area contributed by atoms with Gasteiger partial charge in [-0.25, -0.2) is 9.97 Å². The maximum atomic E-state index is 7.82. The molecule has 0 saturated carbocycles. The molecule has 1 N–H and O–H groups in total. The van der Waals surface area contributed by atoms with Crippen LogP contribution in [0.2, 0.25) is 0 Å². The summed E-state index contributed by atoms with van der Waals surface area (Å²) in [6.07, 6.45) is 1.20. The highest BCUT2D eigenvalue weighted by Gasteiger charge is 2.13. The van der Waals surface area contributed by atoms with Gasteiger partial charge in [0.1, 0.15) is 31.1 Å². The SMILES string of the molecule is [2H]C([2H])([2H])Oc1ccc(Nc2ncnc3cc(OCC([2H])([2H])OC([2H])([2H])[2H])c(OCC([2H])([2H])OC([2H])([2H])[2H])cc23)cc1. The topological polar surface area (TPSA) is 84.0 Å². The van der Waals surface area contributed by atoms with Gasteiger partial charge in [-0.1, -0.05) is 0 Å². The van der Waals surface area contributed by atoms with E-state index in [4.69, 9.17) is 32.0 Å². The number of fused-ring (bicyclic) bond motifs is 1. The molecular formula is C21H25N3O5. The highest BCUT2D eigenvalue weighted by Crippen LogP contribution is 2.35. The lowest BCUT2D eigenvalue weighted by Gasteiger charge is -2.15. The molecule has 0 amide bonds. The van der Waals surface area contributed by atoms with E-state index in [0.29, 0.717) is 11.1 Å². The lowest BCUT2D eigenvalue weighted by atomic mass is 10.2. The van der Waals surface area contributed by atoms with Gasteiger partial charge in [0.05, 0.1) is 43.5 Å². The summed E-state index contributed by atoms with van der Waals surface area (Å²) in [5, 5.41) is 3.30. The maximum Gasteiger partial charge on any atom is 0.163 e. The summed E-state index contributed by atoms with van der Waals surface area (Å²) in [5.74, 6) is -0.115. The van der Waals surface area contributed by atoms with Gasteiger partial charge in [-0.2, -0.15) is 0 Å². The Hall–Kier alpha value is -3.10. The van der Waals surface area contributed by atoms with Gasteiger partial charge in [-0.15, -0.1) is 0 Å². The largest absolute Gasteiger partial charge is 0.497 e. The van der Waals surface area contributed by atoms with Gasteiger partial charge in [-0.05, 0) is 30.3 Å². The molecule has 3 rings (SSSR count). The van der Waals surface area contributed by atoms with Crippen LogP contribution in [0.15, 0.2) is 42.7 Å². The Balaban J connectivity index is 1.95. The molecule has 0 radical (unpaired) electrons. The van der Waals surface area contributed by atoms with E-state index in [-0.39, 0.29) is 28.6 Å². The summed E-state index contributed by atoms with van der Waals surface area (Å²) in [5.41, 5.74) is 0.698. The number of rotatable bonds is 11. The zero-order valence-electron chi connectivity index (χ0n) is 27.9. The second kappa shape index (κ2) is 10.4. The average Bonchev–Trinajstić information content (AvgIpc) is 2.79. The predicted molar refractivity (Wildman–Crippen MR) is 111 cm³/mol. The van der Waals surface area contributed by atoms with E-state index in [1.54, 1.807) is 0 Å². The molecule has 0 aliphatic heterocycles. The number of hydrogen-bond donors (Lipinski definition) is 1. The van der Waals surface area contributed by atoms with E-state index in [9.17, 15) is 0 Å². The van der Waals surface area contributed by atoms with Crippen molar-refractivity contribution in [2.24, 2.45) is 0 Å². The van der Waals surface area contributed by atoms with Crippen molar-refractivity contribution in [1.82, 2.24) is 9.97 Å². The van der Waals surface area contributed by atoms with E-state index >= 15 is 0 Å². The molecule has 0 aliphatic rings. The first-order valence-electron chi connectivity index (χ1n) is 14.6. The molecule has 0 atom stereocenters. The van der Waals surface area contributed by atoms with E-state index in [1.807, 2.05) is 0 Å². The van der Waals surface area contributed by atoms with Crippen molar-refractivity contribution >= 4 is 22.4 Å². The Morgan fingerprint density at radius 1 is 0.931 bits per heavy atom. The summed E-state index contributed by atoms with van der Waals surface area (Å²) in [4.78, 5) is 8.33. The minimum atomic E-state index is -3.08. The van der Waals surface area contributed by atoms with Crippen LogP contribution in [-0.2, 0) is 9.47 Å². The fraction of sp³-hybridized carbons (Fsp3) is 0.333. The Bertz CT molecular complexity index is 1360. The van der Waals surface area contributed by atoms with Crippen LogP contribution >= 0.6 is 0 Å². The first-order valence-corrected chi connectivity index (χ1v) is 8.11. The van der Waals surface area contributed by atoms with Crippen molar-refractivity contribution in [1.29, 1.82) is 0 Å². The van der Waals surface area contributed by atoms with Crippen LogP contribution in [0.3, 0.4) is 0 Å². The quantitative estimate of drug-likeness (QED) is 0.513. The Kier molecular flexibility index (Phi) is 3.46. The minimum Gasteiger partial charge on any atom is -0.497 e. The van der Waals surface area contributed by atoms with Gasteiger partial charge in [-0.3, -0.25) is 0 Å². The molecule has 0 aliphatic carbocycles. The van der Waals surface area contributed by atoms with Crippen molar-refractivity contribution in [3.05, 3.63) is 42.7 Å². The third kappa shape index (κ3) is 5.46. The second-order valence-electron chi connectivity index (χ2n) is 5.36. The Labute approximate surface area is 188 Å². The van der Waals surface area contributed by atoms with Gasteiger partial charge in [0.15, 0.2) is 11.5 Å². The third-order valence-corrected chi connectivity index (χ3v) is 3.65. The Morgan fingerprint density at radius 3 is 2.34 bits per heavy atom. The lowest BCUT2D eigenvalue weighted by Crippen LogP contribution is -2.09. The maximum absolute atomic E-state index is 7.82. The highest BCUT2D eigenvalue weighted by molar-refractivity contribution is 5.93. The fourth-order valence-corrected chi connectivity index (χ4v) is 2.41. The van der Waals surface area contributed by atoms with Crippen LogP contribution in [0.5, 0.6) is 17.2 Å². The van der Waals surface area contributed by atoms with Crippen molar-refractivity contribution < 1.29 is 41.5 Å². The molecule has 0 fully saturated rings. The Morgan fingerprint density at radius 2 is 1.66 bits per heavy atom. The summed E-state index contributed by atoms with van der Waals surface area (Å²) >= 11 is 0. The smallest absolute Gasteiger partial charge is 0.163 e. The zero-order chi connectivity index (χ0) is 31.6. The molecule has 1 heterocycles. The lowest BCUT2D eigenvalue weighted by molar-refractivity contribution is 0.132. The molecule has 1 aromatic heterocycles. The first kappa shape index (κ1) is 9.60. The number of nitrogens with zero attached hydrogens (tertiary/aromatic N) is 2. The molecule has 0 spiro atoms. The van der Waals surface area contributed by atoms with Crippen molar-refractivity contribution in [2.45, 2.75) is 0 Å². The van der Waals surface area contributed by atoms with Crippen LogP contribution in [0.25, 0.3) is 10.9 Å². The number of methoxy groups -OCH3 is 3. The summed E-state index contributed by atoms with van der Waals surface area (Å²) in [6.45, 7) is -7.42. The number of benzene rings is 2. The molecule has 8 nitrogen and oxygen atoms in total. The van der Waals surface area contributed by atoms with Crippen LogP contribution in [0, 0.1) is 0 Å². The van der Waals surface area contributed by atoms with Gasteiger partial charge < -0.3 is 29.0 Å². The third-order valence-electron chi connectivity index (χ3n) is 3.65. The summed E-state index contributed by atoms with van der Waals surface area (Å²) in [7, 11) is -8.77. The van der Waals surface area contributed by atoms with Crippen molar-refractivity contribution in [3.8, 4) is 17.2 Å². The molecule has 29 heavy (non-hydrogen) atoms. The standard InChI is InChI=1S/C21H25N3O5/c1-25-8-10-28-19-12-17-18(13-20(19)29-11-9-26-2)22-14-23-21(17)24-15-4-6-16(27-3)7-5-15/h4-7,12-14H,8-11H2,1-3H3,(H,22,23,24)/i1D3,2D3,3D3,8D2,9D2. The molecule has 0 saturated heterocycles. The molecule has 0 bridgehead atoms. The van der Waals surface area contributed by atoms with Crippen LogP contribution in [-0.4, -0.2) is 57.4 Å². The van der Waals surface area contributed by atoms with Gasteiger partial charge in [0.2, 0.25) is 0 Å². The van der Waals surface area contributed by atoms with E-state index in [2.05, 4.69) is 24.8 Å². The van der Waals surface area contributed by atoms with E-state index < -0.39 is 47.4 Å². The molecule has 2 aromatic carbocycles. The van der Waals surface area contributed by atoms with Crippen LogP contribution < -0.4 is 19.5 Å². The molecular weight excluding hydrogens is 374 g/mol. The zero-order valence-corrected chi connectivity index (χ0v) is 14.9. The van der Waals surface area contributed by atoms with Crippen LogP contribution in [0.4, 0.5) is 11.5 Å². The first-order chi connectivity index (χ1) is 19.1. The van der Waals surface area contributed by atoms with Gasteiger partial charge in [0, 0.05) is 31.2 Å². The number of aromatic nitrogens is 2. The molecule has 0 unspecified atom stereocenters. The van der Waals surface area contributed by atoms with Crippen molar-refractivity contribution in [2.75, 3.05) is 52.8 Å². The second-order valence-corrected chi connectivity index (χ2v) is 5.36. The summed E-state index contributed by atoms with van der Waals surface area (Å²) in [6, 6.07) is 8.48. The van der Waals surface area contributed by atoms with Gasteiger partial charge >= 0.3 is 0 Å². The monoisotopic (exact) mass is 412 g/mol. The molecule has 154 valence electrons. The van der Waals surface area contributed by atoms with Crippen LogP contribution in [0.1, 0.15) is 17.8 Å². The molecule has 3 aromatic rings. The predicted octanol–water partition coefficient (Wildman–Crippen LogP) is 3.43. The van der Waals surface area contributed by atoms with E-state index in [0.717, 1.165) is 0 Å². The number of ether oxygens (including phenoxy) is 5. The molecule has 8 heteroatoms. The minimum absolute atomic E-state index is 0.0986. The van der Waals surface area contributed by atoms with E-state index in [1.165, 1.54) is 42.7 Å². The average molecular weight is 413 g/mol.